The molecule has 0 saturated carbocycles. The van der Waals surface area contributed by atoms with Crippen molar-refractivity contribution in [3.05, 3.63) is 70.3 Å². The minimum Gasteiger partial charge on any atom is -0.330 e. The minimum atomic E-state index is 0.512. The maximum absolute atomic E-state index is 5.99. The summed E-state index contributed by atoms with van der Waals surface area (Å²) < 4.78 is 0. The van der Waals surface area contributed by atoms with Crippen LogP contribution >= 0.6 is 0 Å². The lowest BCUT2D eigenvalue weighted by Gasteiger charge is -2.17. The highest BCUT2D eigenvalue weighted by Crippen LogP contribution is 2.18. The van der Waals surface area contributed by atoms with Crippen molar-refractivity contribution in [3.63, 3.8) is 0 Å². The van der Waals surface area contributed by atoms with E-state index in [0.717, 1.165) is 19.4 Å². The molecule has 106 valence electrons. The molecule has 0 aliphatic heterocycles. The predicted molar refractivity (Wildman–Crippen MR) is 87.0 cm³/mol. The molecular weight excluding hydrogens is 242 g/mol. The molecule has 0 aliphatic carbocycles. The SMILES string of the molecule is Cc1ccc(CC(CN)Cc2cc(C)ccc2C)cc1. The second-order valence-corrected chi connectivity index (χ2v) is 5.93. The number of nitrogens with two attached hydrogens (primary N) is 1. The summed E-state index contributed by atoms with van der Waals surface area (Å²) >= 11 is 0. The summed E-state index contributed by atoms with van der Waals surface area (Å²) in [5.41, 5.74) is 12.8. The molecule has 1 nitrogen and oxygen atoms in total. The second kappa shape index (κ2) is 6.71. The molecule has 0 radical (unpaired) electrons. The van der Waals surface area contributed by atoms with Gasteiger partial charge in [0.1, 0.15) is 0 Å². The molecular formula is C19H25N. The smallest absolute Gasteiger partial charge is 0.00425 e. The molecule has 2 rings (SSSR count). The molecule has 2 N–H and O–H groups in total. The largest absolute Gasteiger partial charge is 0.330 e. The summed E-state index contributed by atoms with van der Waals surface area (Å²) in [7, 11) is 0. The Kier molecular flexibility index (Phi) is 4.97. The van der Waals surface area contributed by atoms with Gasteiger partial charge in [-0.1, -0.05) is 53.6 Å². The topological polar surface area (TPSA) is 26.0 Å². The van der Waals surface area contributed by atoms with E-state index in [9.17, 15) is 0 Å². The molecule has 0 heterocycles. The van der Waals surface area contributed by atoms with Crippen LogP contribution in [0.3, 0.4) is 0 Å². The third kappa shape index (κ3) is 3.94. The first-order valence-electron chi connectivity index (χ1n) is 7.40. The summed E-state index contributed by atoms with van der Waals surface area (Å²) in [6.45, 7) is 7.20. The predicted octanol–water partition coefficient (Wildman–Crippen LogP) is 3.97. The van der Waals surface area contributed by atoms with Crippen LogP contribution in [0.1, 0.15) is 27.8 Å². The van der Waals surface area contributed by atoms with Gasteiger partial charge in [-0.25, -0.2) is 0 Å². The van der Waals surface area contributed by atoms with Crippen LogP contribution in [0.2, 0.25) is 0 Å². The molecule has 1 unspecified atom stereocenters. The summed E-state index contributed by atoms with van der Waals surface area (Å²) in [6.07, 6.45) is 2.13. The first kappa shape index (κ1) is 14.8. The molecule has 20 heavy (non-hydrogen) atoms. The third-order valence-electron chi connectivity index (χ3n) is 3.99. The van der Waals surface area contributed by atoms with Gasteiger partial charge in [0.25, 0.3) is 0 Å². The van der Waals surface area contributed by atoms with Crippen LogP contribution in [-0.2, 0) is 12.8 Å². The van der Waals surface area contributed by atoms with Crippen molar-refractivity contribution in [1.82, 2.24) is 0 Å². The fraction of sp³-hybridized carbons (Fsp3) is 0.368. The van der Waals surface area contributed by atoms with E-state index >= 15 is 0 Å². The van der Waals surface area contributed by atoms with Crippen molar-refractivity contribution in [2.75, 3.05) is 6.54 Å². The Balaban J connectivity index is 2.08. The van der Waals surface area contributed by atoms with Gasteiger partial charge in [0.2, 0.25) is 0 Å². The Hall–Kier alpha value is -1.60. The van der Waals surface area contributed by atoms with Crippen LogP contribution in [0.5, 0.6) is 0 Å². The van der Waals surface area contributed by atoms with Gasteiger partial charge in [-0.2, -0.15) is 0 Å². The van der Waals surface area contributed by atoms with Crippen LogP contribution in [0.4, 0.5) is 0 Å². The summed E-state index contributed by atoms with van der Waals surface area (Å²) in [5, 5.41) is 0. The highest BCUT2D eigenvalue weighted by molar-refractivity contribution is 5.31. The van der Waals surface area contributed by atoms with Crippen molar-refractivity contribution >= 4 is 0 Å². The second-order valence-electron chi connectivity index (χ2n) is 5.93. The fourth-order valence-corrected chi connectivity index (χ4v) is 2.63. The van der Waals surface area contributed by atoms with Crippen molar-refractivity contribution in [1.29, 1.82) is 0 Å². The summed E-state index contributed by atoms with van der Waals surface area (Å²) in [4.78, 5) is 0. The van der Waals surface area contributed by atoms with E-state index in [-0.39, 0.29) is 0 Å². The zero-order valence-electron chi connectivity index (χ0n) is 12.8. The van der Waals surface area contributed by atoms with E-state index in [2.05, 4.69) is 63.2 Å². The maximum atomic E-state index is 5.99. The highest BCUT2D eigenvalue weighted by Gasteiger charge is 2.11. The zero-order valence-corrected chi connectivity index (χ0v) is 12.8. The molecule has 0 bridgehead atoms. The average molecular weight is 267 g/mol. The quantitative estimate of drug-likeness (QED) is 0.871. The molecule has 0 spiro atoms. The molecule has 1 heteroatoms. The van der Waals surface area contributed by atoms with Crippen LogP contribution in [0, 0.1) is 26.7 Å². The molecule has 1 atom stereocenters. The van der Waals surface area contributed by atoms with E-state index in [1.807, 2.05) is 0 Å². The molecule has 0 aromatic heterocycles. The van der Waals surface area contributed by atoms with E-state index in [1.54, 1.807) is 0 Å². The first-order chi connectivity index (χ1) is 9.58. The van der Waals surface area contributed by atoms with Gasteiger partial charge >= 0.3 is 0 Å². The van der Waals surface area contributed by atoms with E-state index in [4.69, 9.17) is 5.73 Å². The van der Waals surface area contributed by atoms with E-state index in [0.29, 0.717) is 5.92 Å². The number of hydrogen-bond acceptors (Lipinski definition) is 1. The van der Waals surface area contributed by atoms with Crippen molar-refractivity contribution < 1.29 is 0 Å². The number of rotatable bonds is 5. The van der Waals surface area contributed by atoms with Crippen LogP contribution in [-0.4, -0.2) is 6.54 Å². The molecule has 0 fully saturated rings. The molecule has 0 amide bonds. The van der Waals surface area contributed by atoms with E-state index < -0.39 is 0 Å². The van der Waals surface area contributed by atoms with E-state index in [1.165, 1.54) is 27.8 Å². The van der Waals surface area contributed by atoms with Gasteiger partial charge in [0.15, 0.2) is 0 Å². The van der Waals surface area contributed by atoms with Crippen LogP contribution in [0.25, 0.3) is 0 Å². The number of hydrogen-bond donors (Lipinski definition) is 1. The van der Waals surface area contributed by atoms with Crippen molar-refractivity contribution in [2.45, 2.75) is 33.6 Å². The molecule has 2 aromatic rings. The lowest BCUT2D eigenvalue weighted by atomic mass is 9.90. The summed E-state index contributed by atoms with van der Waals surface area (Å²) in [6, 6.07) is 15.5. The Morgan fingerprint density at radius 1 is 0.850 bits per heavy atom. The lowest BCUT2D eigenvalue weighted by molar-refractivity contribution is 0.532. The van der Waals surface area contributed by atoms with Gasteiger partial charge in [-0.15, -0.1) is 0 Å². The average Bonchev–Trinajstić information content (AvgIpc) is 2.44. The Morgan fingerprint density at radius 3 is 2.15 bits per heavy atom. The first-order valence-corrected chi connectivity index (χ1v) is 7.40. The fourth-order valence-electron chi connectivity index (χ4n) is 2.63. The zero-order chi connectivity index (χ0) is 14.5. The molecule has 0 saturated heterocycles. The van der Waals surface area contributed by atoms with Gasteiger partial charge in [0.05, 0.1) is 0 Å². The van der Waals surface area contributed by atoms with Gasteiger partial charge < -0.3 is 5.73 Å². The highest BCUT2D eigenvalue weighted by atomic mass is 14.5. The van der Waals surface area contributed by atoms with Crippen LogP contribution < -0.4 is 5.73 Å². The standard InChI is InChI=1S/C19H25N/c1-14-5-8-17(9-6-14)11-18(13-20)12-19-10-15(2)4-7-16(19)3/h4-10,18H,11-13,20H2,1-3H3. The monoisotopic (exact) mass is 267 g/mol. The lowest BCUT2D eigenvalue weighted by Crippen LogP contribution is -2.19. The van der Waals surface area contributed by atoms with Crippen LogP contribution in [0.15, 0.2) is 42.5 Å². The van der Waals surface area contributed by atoms with Crippen molar-refractivity contribution in [3.8, 4) is 0 Å². The Morgan fingerprint density at radius 2 is 1.50 bits per heavy atom. The Bertz CT molecular complexity index is 554. The molecule has 2 aromatic carbocycles. The maximum Gasteiger partial charge on any atom is -0.00425 e. The normalized spacial score (nSPS) is 12.4. The number of benzene rings is 2. The van der Waals surface area contributed by atoms with Crippen molar-refractivity contribution in [2.24, 2.45) is 11.7 Å². The van der Waals surface area contributed by atoms with Gasteiger partial charge in [-0.3, -0.25) is 0 Å². The molecule has 0 aliphatic rings. The Labute approximate surface area is 122 Å². The van der Waals surface area contributed by atoms with Gasteiger partial charge in [-0.05, 0) is 62.8 Å². The third-order valence-corrected chi connectivity index (χ3v) is 3.99. The summed E-state index contributed by atoms with van der Waals surface area (Å²) in [5.74, 6) is 0.512. The minimum absolute atomic E-state index is 0.512. The van der Waals surface area contributed by atoms with Gasteiger partial charge in [0, 0.05) is 0 Å². The number of aryl methyl sites for hydroxylation is 3.